The summed E-state index contributed by atoms with van der Waals surface area (Å²) < 4.78 is 0. The number of aliphatic hydroxyl groups excluding tert-OH is 1. The van der Waals surface area contributed by atoms with Crippen molar-refractivity contribution in [3.63, 3.8) is 0 Å². The minimum absolute atomic E-state index is 0.103. The van der Waals surface area contributed by atoms with E-state index < -0.39 is 6.10 Å². The van der Waals surface area contributed by atoms with E-state index in [0.717, 1.165) is 6.54 Å². The number of aliphatic hydroxyl groups is 1. The van der Waals surface area contributed by atoms with Gasteiger partial charge in [0.2, 0.25) is 5.91 Å². The Labute approximate surface area is 155 Å². The summed E-state index contributed by atoms with van der Waals surface area (Å²) >= 11 is 0. The molecular weight excluding hydrogens is 330 g/mol. The molecule has 0 bridgehead atoms. The van der Waals surface area contributed by atoms with Gasteiger partial charge in [-0.25, -0.2) is 0 Å². The number of rotatable bonds is 4. The van der Waals surface area contributed by atoms with Gasteiger partial charge in [0.1, 0.15) is 0 Å². The molecule has 1 heterocycles. The van der Waals surface area contributed by atoms with Gasteiger partial charge in [0.25, 0.3) is 5.91 Å². The lowest BCUT2D eigenvalue weighted by Gasteiger charge is -2.31. The first-order valence-corrected chi connectivity index (χ1v) is 9.52. The summed E-state index contributed by atoms with van der Waals surface area (Å²) in [5, 5.41) is 13.2. The van der Waals surface area contributed by atoms with Crippen molar-refractivity contribution in [3.05, 3.63) is 29.8 Å². The molecule has 2 atom stereocenters. The molecule has 0 radical (unpaired) electrons. The third-order valence-corrected chi connectivity index (χ3v) is 5.65. The molecule has 1 aliphatic heterocycles. The van der Waals surface area contributed by atoms with Crippen LogP contribution in [0.4, 0.5) is 5.69 Å². The zero-order valence-corrected chi connectivity index (χ0v) is 15.6. The van der Waals surface area contributed by atoms with E-state index in [9.17, 15) is 14.7 Å². The van der Waals surface area contributed by atoms with Crippen molar-refractivity contribution < 1.29 is 14.7 Å². The average molecular weight is 359 g/mol. The molecular formula is C20H29N3O3. The van der Waals surface area contributed by atoms with Crippen LogP contribution in [0.5, 0.6) is 0 Å². The zero-order chi connectivity index (χ0) is 18.7. The van der Waals surface area contributed by atoms with Crippen LogP contribution < -0.4 is 5.32 Å². The van der Waals surface area contributed by atoms with Gasteiger partial charge >= 0.3 is 0 Å². The fourth-order valence-electron chi connectivity index (χ4n) is 4.18. The maximum Gasteiger partial charge on any atom is 0.253 e. The number of β-amino-alcohol motifs (C(OH)–C–C–N with tert-alkyl or cyclic N) is 1. The predicted octanol–water partition coefficient (Wildman–Crippen LogP) is 2.09. The molecule has 1 aromatic rings. The lowest BCUT2D eigenvalue weighted by molar-refractivity contribution is -0.114. The van der Waals surface area contributed by atoms with E-state index in [1.54, 1.807) is 36.2 Å². The standard InChI is InChI=1S/C20H29N3O3/c1-14(24)21-16-10-8-15(9-11-16)20(26)22(2)18-12-23(13-19(18)25)17-6-4-3-5-7-17/h8-11,17-19,25H,3-7,12-13H2,1-2H3,(H,21,24). The van der Waals surface area contributed by atoms with E-state index in [0.29, 0.717) is 23.8 Å². The minimum atomic E-state index is -0.510. The Morgan fingerprint density at radius 1 is 1.12 bits per heavy atom. The third-order valence-electron chi connectivity index (χ3n) is 5.65. The average Bonchev–Trinajstić information content (AvgIpc) is 3.03. The van der Waals surface area contributed by atoms with Crippen molar-refractivity contribution in [1.29, 1.82) is 0 Å². The van der Waals surface area contributed by atoms with Gasteiger partial charge in [0.05, 0.1) is 12.1 Å². The number of hydrogen-bond acceptors (Lipinski definition) is 4. The fraction of sp³-hybridized carbons (Fsp3) is 0.600. The molecule has 1 aromatic carbocycles. The Bertz CT molecular complexity index is 640. The molecule has 3 rings (SSSR count). The highest BCUT2D eigenvalue weighted by molar-refractivity contribution is 5.95. The number of anilines is 1. The van der Waals surface area contributed by atoms with Crippen molar-refractivity contribution in [1.82, 2.24) is 9.80 Å². The quantitative estimate of drug-likeness (QED) is 0.863. The largest absolute Gasteiger partial charge is 0.390 e. The van der Waals surface area contributed by atoms with Gasteiger partial charge in [0.15, 0.2) is 0 Å². The summed E-state index contributed by atoms with van der Waals surface area (Å²) in [6, 6.07) is 7.24. The molecule has 1 saturated carbocycles. The summed E-state index contributed by atoms with van der Waals surface area (Å²) in [5.41, 5.74) is 1.23. The van der Waals surface area contributed by atoms with E-state index in [1.807, 2.05) is 0 Å². The summed E-state index contributed by atoms with van der Waals surface area (Å²) in [7, 11) is 1.77. The van der Waals surface area contributed by atoms with Crippen LogP contribution in [0.1, 0.15) is 49.4 Å². The zero-order valence-electron chi connectivity index (χ0n) is 15.6. The van der Waals surface area contributed by atoms with Gasteiger partial charge in [-0.05, 0) is 37.1 Å². The van der Waals surface area contributed by atoms with Crippen LogP contribution >= 0.6 is 0 Å². The molecule has 26 heavy (non-hydrogen) atoms. The second-order valence-corrected chi connectivity index (χ2v) is 7.56. The number of carbonyl (C=O) groups excluding carboxylic acids is 2. The number of nitrogens with one attached hydrogen (secondary N) is 1. The monoisotopic (exact) mass is 359 g/mol. The molecule has 2 unspecified atom stereocenters. The van der Waals surface area contributed by atoms with Crippen molar-refractivity contribution in [2.75, 3.05) is 25.5 Å². The van der Waals surface area contributed by atoms with E-state index >= 15 is 0 Å². The molecule has 6 nitrogen and oxygen atoms in total. The van der Waals surface area contributed by atoms with Gasteiger partial charge < -0.3 is 15.3 Å². The van der Waals surface area contributed by atoms with Crippen molar-refractivity contribution in [3.8, 4) is 0 Å². The van der Waals surface area contributed by atoms with Gasteiger partial charge in [-0.15, -0.1) is 0 Å². The second-order valence-electron chi connectivity index (χ2n) is 7.56. The second kappa shape index (κ2) is 8.18. The molecule has 2 N–H and O–H groups in total. The topological polar surface area (TPSA) is 72.9 Å². The Kier molecular flexibility index (Phi) is 5.94. The van der Waals surface area contributed by atoms with E-state index in [-0.39, 0.29) is 17.9 Å². The summed E-state index contributed by atoms with van der Waals surface area (Å²) in [4.78, 5) is 27.9. The highest BCUT2D eigenvalue weighted by Crippen LogP contribution is 2.27. The molecule has 2 aliphatic rings. The Morgan fingerprint density at radius 3 is 2.38 bits per heavy atom. The Hall–Kier alpha value is -1.92. The number of amides is 2. The van der Waals surface area contributed by atoms with Gasteiger partial charge in [-0.2, -0.15) is 0 Å². The minimum Gasteiger partial charge on any atom is -0.390 e. The number of likely N-dealkylation sites (N-methyl/N-ethyl adjacent to an activating group) is 1. The van der Waals surface area contributed by atoms with Crippen LogP contribution in [-0.2, 0) is 4.79 Å². The summed E-state index contributed by atoms with van der Waals surface area (Å²) in [6.45, 7) is 2.83. The Balaban J connectivity index is 1.63. The first-order chi connectivity index (χ1) is 12.5. The number of hydrogen-bond donors (Lipinski definition) is 2. The molecule has 2 fully saturated rings. The maximum absolute atomic E-state index is 12.8. The van der Waals surface area contributed by atoms with E-state index in [2.05, 4.69) is 10.2 Å². The molecule has 1 aliphatic carbocycles. The van der Waals surface area contributed by atoms with Crippen LogP contribution in [0.2, 0.25) is 0 Å². The summed E-state index contributed by atoms with van der Waals surface area (Å²) in [6.07, 6.45) is 5.71. The van der Waals surface area contributed by atoms with Crippen molar-refractivity contribution >= 4 is 17.5 Å². The lowest BCUT2D eigenvalue weighted by Crippen LogP contribution is -2.44. The van der Waals surface area contributed by atoms with E-state index in [4.69, 9.17) is 0 Å². The Morgan fingerprint density at radius 2 is 1.77 bits per heavy atom. The molecule has 142 valence electrons. The molecule has 0 aromatic heterocycles. The first-order valence-electron chi connectivity index (χ1n) is 9.52. The smallest absolute Gasteiger partial charge is 0.253 e. The van der Waals surface area contributed by atoms with Gasteiger partial charge in [-0.3, -0.25) is 14.5 Å². The lowest BCUT2D eigenvalue weighted by atomic mass is 9.94. The molecule has 0 spiro atoms. The normalized spacial score (nSPS) is 24.4. The number of carbonyl (C=O) groups is 2. The van der Waals surface area contributed by atoms with Crippen LogP contribution in [0, 0.1) is 0 Å². The van der Waals surface area contributed by atoms with Gasteiger partial charge in [0, 0.05) is 44.4 Å². The maximum atomic E-state index is 12.8. The van der Waals surface area contributed by atoms with Crippen LogP contribution in [-0.4, -0.2) is 65.0 Å². The number of likely N-dealkylation sites (tertiary alicyclic amines) is 1. The predicted molar refractivity (Wildman–Crippen MR) is 101 cm³/mol. The van der Waals surface area contributed by atoms with Crippen molar-refractivity contribution in [2.24, 2.45) is 0 Å². The molecule has 6 heteroatoms. The number of nitrogens with zero attached hydrogens (tertiary/aromatic N) is 2. The highest BCUT2D eigenvalue weighted by Gasteiger charge is 2.39. The third kappa shape index (κ3) is 4.24. The van der Waals surface area contributed by atoms with Crippen LogP contribution in [0.3, 0.4) is 0 Å². The van der Waals surface area contributed by atoms with Gasteiger partial charge in [-0.1, -0.05) is 19.3 Å². The molecule has 1 saturated heterocycles. The number of benzene rings is 1. The molecule has 2 amide bonds. The van der Waals surface area contributed by atoms with Crippen LogP contribution in [0.15, 0.2) is 24.3 Å². The summed E-state index contributed by atoms with van der Waals surface area (Å²) in [5.74, 6) is -0.244. The van der Waals surface area contributed by atoms with Crippen molar-refractivity contribution in [2.45, 2.75) is 57.2 Å². The van der Waals surface area contributed by atoms with E-state index in [1.165, 1.54) is 39.0 Å². The highest BCUT2D eigenvalue weighted by atomic mass is 16.3. The first kappa shape index (κ1) is 18.9. The SMILES string of the molecule is CC(=O)Nc1ccc(C(=O)N(C)C2CN(C3CCCCC3)CC2O)cc1. The van der Waals surface area contributed by atoms with Crippen LogP contribution in [0.25, 0.3) is 0 Å². The fourth-order valence-corrected chi connectivity index (χ4v) is 4.18.